The van der Waals surface area contributed by atoms with Gasteiger partial charge >= 0.3 is 0 Å². The first kappa shape index (κ1) is 18.0. The predicted molar refractivity (Wildman–Crippen MR) is 117 cm³/mol. The van der Waals surface area contributed by atoms with E-state index in [1.54, 1.807) is 7.11 Å². The molecule has 1 aliphatic rings. The molecule has 0 bridgehead atoms. The van der Waals surface area contributed by atoms with E-state index >= 15 is 0 Å². The van der Waals surface area contributed by atoms with Gasteiger partial charge in [-0.25, -0.2) is 4.98 Å². The van der Waals surface area contributed by atoms with Crippen LogP contribution >= 0.6 is 0 Å². The molecule has 0 saturated heterocycles. The van der Waals surface area contributed by atoms with Gasteiger partial charge in [0, 0.05) is 24.5 Å². The Balaban J connectivity index is 1.84. The average molecular weight is 387 g/mol. The van der Waals surface area contributed by atoms with Crippen LogP contribution in [-0.4, -0.2) is 21.2 Å². The Kier molecular flexibility index (Phi) is 4.19. The van der Waals surface area contributed by atoms with Crippen LogP contribution in [-0.2, 0) is 19.5 Å². The van der Waals surface area contributed by atoms with Gasteiger partial charge in [0.15, 0.2) is 5.82 Å². The van der Waals surface area contributed by atoms with E-state index in [0.29, 0.717) is 17.8 Å². The SMILES string of the molecule is COc1ccc2c3c(n(CCC(C)C)c2c1)-c1nc2ccccc2c(=O)n1CC3. The minimum absolute atomic E-state index is 0.0505. The van der Waals surface area contributed by atoms with E-state index in [2.05, 4.69) is 30.5 Å². The highest BCUT2D eigenvalue weighted by molar-refractivity contribution is 5.93. The monoisotopic (exact) mass is 387 g/mol. The molecule has 4 aromatic rings. The summed E-state index contributed by atoms with van der Waals surface area (Å²) in [4.78, 5) is 18.1. The predicted octanol–water partition coefficient (Wildman–Crippen LogP) is 4.63. The topological polar surface area (TPSA) is 49.1 Å². The maximum Gasteiger partial charge on any atom is 0.261 e. The van der Waals surface area contributed by atoms with Gasteiger partial charge in [-0.05, 0) is 48.6 Å². The third-order valence-electron chi connectivity index (χ3n) is 5.97. The van der Waals surface area contributed by atoms with Gasteiger partial charge in [-0.3, -0.25) is 9.36 Å². The van der Waals surface area contributed by atoms with Gasteiger partial charge in [0.2, 0.25) is 0 Å². The first-order chi connectivity index (χ1) is 14.1. The summed E-state index contributed by atoms with van der Waals surface area (Å²) >= 11 is 0. The molecule has 2 aromatic carbocycles. The van der Waals surface area contributed by atoms with Crippen molar-refractivity contribution in [3.63, 3.8) is 0 Å². The summed E-state index contributed by atoms with van der Waals surface area (Å²) in [7, 11) is 1.70. The molecular weight excluding hydrogens is 362 g/mol. The van der Waals surface area contributed by atoms with Crippen molar-refractivity contribution in [1.29, 1.82) is 0 Å². The summed E-state index contributed by atoms with van der Waals surface area (Å²) in [6, 6.07) is 13.9. The molecule has 1 aliphatic heterocycles. The summed E-state index contributed by atoms with van der Waals surface area (Å²) in [6.07, 6.45) is 1.89. The Morgan fingerprint density at radius 3 is 2.76 bits per heavy atom. The Bertz CT molecular complexity index is 1300. The van der Waals surface area contributed by atoms with Crippen molar-refractivity contribution in [2.75, 3.05) is 7.11 Å². The van der Waals surface area contributed by atoms with E-state index in [9.17, 15) is 4.79 Å². The number of ether oxygens (including phenoxy) is 1. The Hall–Kier alpha value is -3.08. The molecule has 5 heteroatoms. The van der Waals surface area contributed by atoms with Crippen LogP contribution in [0.4, 0.5) is 0 Å². The fraction of sp³-hybridized carbons (Fsp3) is 0.333. The molecule has 0 radical (unpaired) electrons. The van der Waals surface area contributed by atoms with Gasteiger partial charge in [0.05, 0.1) is 29.2 Å². The quantitative estimate of drug-likeness (QED) is 0.513. The lowest BCUT2D eigenvalue weighted by molar-refractivity contribution is 0.415. The lowest BCUT2D eigenvalue weighted by Gasteiger charge is -2.21. The van der Waals surface area contributed by atoms with E-state index in [0.717, 1.165) is 47.7 Å². The summed E-state index contributed by atoms with van der Waals surface area (Å²) in [5, 5.41) is 1.92. The lowest BCUT2D eigenvalue weighted by atomic mass is 10.0. The molecule has 29 heavy (non-hydrogen) atoms. The number of aromatic nitrogens is 3. The zero-order chi connectivity index (χ0) is 20.1. The van der Waals surface area contributed by atoms with Crippen molar-refractivity contribution >= 4 is 21.8 Å². The summed E-state index contributed by atoms with van der Waals surface area (Å²) < 4.78 is 9.70. The number of benzene rings is 2. The standard InChI is InChI=1S/C24H25N3O2/c1-15(2)10-12-26-21-14-16(29-3)8-9-17(21)18-11-13-27-23(22(18)26)25-20-7-5-4-6-19(20)24(27)28/h4-9,14-15H,10-13H2,1-3H3. The maximum absolute atomic E-state index is 13.2. The van der Waals surface area contributed by atoms with Gasteiger partial charge in [-0.15, -0.1) is 0 Å². The highest BCUT2D eigenvalue weighted by Gasteiger charge is 2.27. The Labute approximate surface area is 169 Å². The van der Waals surface area contributed by atoms with Crippen LogP contribution in [0.2, 0.25) is 0 Å². The molecule has 0 N–H and O–H groups in total. The Morgan fingerprint density at radius 2 is 1.97 bits per heavy atom. The van der Waals surface area contributed by atoms with E-state index < -0.39 is 0 Å². The minimum Gasteiger partial charge on any atom is -0.497 e. The molecule has 0 saturated carbocycles. The molecule has 5 rings (SSSR count). The molecule has 0 atom stereocenters. The van der Waals surface area contributed by atoms with Crippen molar-refractivity contribution in [1.82, 2.24) is 14.1 Å². The highest BCUT2D eigenvalue weighted by Crippen LogP contribution is 2.38. The zero-order valence-electron chi connectivity index (χ0n) is 17.1. The maximum atomic E-state index is 13.2. The molecule has 0 fully saturated rings. The largest absolute Gasteiger partial charge is 0.497 e. The van der Waals surface area contributed by atoms with Crippen LogP contribution in [0.5, 0.6) is 5.75 Å². The van der Waals surface area contributed by atoms with Gasteiger partial charge in [0.25, 0.3) is 5.56 Å². The number of para-hydroxylation sites is 1. The van der Waals surface area contributed by atoms with Crippen LogP contribution in [0.1, 0.15) is 25.8 Å². The number of nitrogens with zero attached hydrogens (tertiary/aromatic N) is 3. The second-order valence-electron chi connectivity index (χ2n) is 8.20. The number of fused-ring (bicyclic) bond motifs is 6. The second-order valence-corrected chi connectivity index (χ2v) is 8.20. The summed E-state index contributed by atoms with van der Waals surface area (Å²) in [6.45, 7) is 6.03. The normalized spacial score (nSPS) is 13.1. The van der Waals surface area contributed by atoms with Gasteiger partial charge in [-0.2, -0.15) is 0 Å². The van der Waals surface area contributed by atoms with Gasteiger partial charge in [0.1, 0.15) is 5.75 Å². The Morgan fingerprint density at radius 1 is 1.14 bits per heavy atom. The molecule has 3 heterocycles. The van der Waals surface area contributed by atoms with Crippen molar-refractivity contribution in [3.05, 3.63) is 58.4 Å². The molecule has 0 unspecified atom stereocenters. The molecule has 5 nitrogen and oxygen atoms in total. The third-order valence-corrected chi connectivity index (χ3v) is 5.97. The van der Waals surface area contributed by atoms with Crippen molar-refractivity contribution in [3.8, 4) is 17.3 Å². The number of methoxy groups -OCH3 is 1. The van der Waals surface area contributed by atoms with Crippen LogP contribution in [0.15, 0.2) is 47.3 Å². The number of hydrogen-bond acceptors (Lipinski definition) is 3. The van der Waals surface area contributed by atoms with E-state index in [-0.39, 0.29) is 5.56 Å². The second kappa shape index (κ2) is 6.76. The molecule has 0 aliphatic carbocycles. The van der Waals surface area contributed by atoms with Crippen molar-refractivity contribution < 1.29 is 4.74 Å². The van der Waals surface area contributed by atoms with Crippen LogP contribution < -0.4 is 10.3 Å². The molecular formula is C24H25N3O2. The molecule has 2 aromatic heterocycles. The van der Waals surface area contributed by atoms with E-state index in [1.165, 1.54) is 10.9 Å². The molecule has 148 valence electrons. The average Bonchev–Trinajstić information content (AvgIpc) is 3.05. The smallest absolute Gasteiger partial charge is 0.261 e. The number of rotatable bonds is 4. The van der Waals surface area contributed by atoms with Gasteiger partial charge in [-0.1, -0.05) is 26.0 Å². The molecule has 0 amide bonds. The lowest BCUT2D eigenvalue weighted by Crippen LogP contribution is -2.28. The third kappa shape index (κ3) is 2.76. The minimum atomic E-state index is 0.0505. The molecule has 0 spiro atoms. The fourth-order valence-electron chi connectivity index (χ4n) is 4.44. The van der Waals surface area contributed by atoms with Crippen molar-refractivity contribution in [2.24, 2.45) is 5.92 Å². The van der Waals surface area contributed by atoms with Crippen molar-refractivity contribution in [2.45, 2.75) is 39.8 Å². The first-order valence-electron chi connectivity index (χ1n) is 10.3. The number of hydrogen-bond donors (Lipinski definition) is 0. The first-order valence-corrected chi connectivity index (χ1v) is 10.3. The van der Waals surface area contributed by atoms with Crippen LogP contribution in [0.3, 0.4) is 0 Å². The van der Waals surface area contributed by atoms with Crippen LogP contribution in [0.25, 0.3) is 33.3 Å². The number of aryl methyl sites for hydroxylation is 2. The summed E-state index contributed by atoms with van der Waals surface area (Å²) in [5.74, 6) is 2.22. The van der Waals surface area contributed by atoms with E-state index in [1.807, 2.05) is 34.9 Å². The van der Waals surface area contributed by atoms with E-state index in [4.69, 9.17) is 9.72 Å². The van der Waals surface area contributed by atoms with Crippen LogP contribution in [0, 0.1) is 5.92 Å². The summed E-state index contributed by atoms with van der Waals surface area (Å²) in [5.41, 5.74) is 4.34. The zero-order valence-corrected chi connectivity index (χ0v) is 17.1. The highest BCUT2D eigenvalue weighted by atomic mass is 16.5. The fourth-order valence-corrected chi connectivity index (χ4v) is 4.44. The van der Waals surface area contributed by atoms with Gasteiger partial charge < -0.3 is 9.30 Å².